The molecule has 1 rings (SSSR count). The molecule has 80 valence electrons. The Balaban J connectivity index is 2.87. The zero-order valence-electron chi connectivity index (χ0n) is 8.54. The molecule has 1 heterocycles. The highest BCUT2D eigenvalue weighted by Crippen LogP contribution is 2.22. The van der Waals surface area contributed by atoms with E-state index >= 15 is 0 Å². The van der Waals surface area contributed by atoms with Gasteiger partial charge in [-0.25, -0.2) is 4.79 Å². The second-order valence-corrected chi connectivity index (χ2v) is 3.80. The van der Waals surface area contributed by atoms with Crippen LogP contribution in [0.1, 0.15) is 26.7 Å². The van der Waals surface area contributed by atoms with Gasteiger partial charge in [-0.2, -0.15) is 12.6 Å². The second kappa shape index (κ2) is 4.21. The van der Waals surface area contributed by atoms with Crippen LogP contribution in [0.15, 0.2) is 0 Å². The van der Waals surface area contributed by atoms with Gasteiger partial charge in [-0.1, -0.05) is 13.8 Å². The van der Waals surface area contributed by atoms with Crippen LogP contribution >= 0.6 is 12.6 Å². The summed E-state index contributed by atoms with van der Waals surface area (Å²) in [7, 11) is 0. The van der Waals surface area contributed by atoms with Gasteiger partial charge in [0.2, 0.25) is 0 Å². The number of carbonyl (C=O) groups excluding carboxylic acids is 2. The maximum atomic E-state index is 11.9. The number of amides is 3. The summed E-state index contributed by atoms with van der Waals surface area (Å²) < 4.78 is 0. The number of urea groups is 1. The van der Waals surface area contributed by atoms with Gasteiger partial charge in [0.1, 0.15) is 5.54 Å². The van der Waals surface area contributed by atoms with Gasteiger partial charge in [0.05, 0.1) is 0 Å². The minimum absolute atomic E-state index is 0.137. The molecule has 0 spiro atoms. The molecule has 0 radical (unpaired) electrons. The quantitative estimate of drug-likeness (QED) is 0.544. The van der Waals surface area contributed by atoms with Crippen LogP contribution in [0.4, 0.5) is 4.79 Å². The van der Waals surface area contributed by atoms with E-state index in [9.17, 15) is 9.59 Å². The van der Waals surface area contributed by atoms with Gasteiger partial charge in [0.15, 0.2) is 0 Å². The number of rotatable bonds is 4. The first-order valence-electron chi connectivity index (χ1n) is 4.86. The van der Waals surface area contributed by atoms with Gasteiger partial charge in [0, 0.05) is 12.3 Å². The van der Waals surface area contributed by atoms with Gasteiger partial charge >= 0.3 is 6.03 Å². The Morgan fingerprint density at radius 2 is 2.07 bits per heavy atom. The molecule has 1 N–H and O–H groups in total. The van der Waals surface area contributed by atoms with Crippen molar-refractivity contribution in [1.82, 2.24) is 10.2 Å². The Morgan fingerprint density at radius 3 is 2.43 bits per heavy atom. The topological polar surface area (TPSA) is 49.4 Å². The van der Waals surface area contributed by atoms with E-state index in [2.05, 4.69) is 17.9 Å². The molecule has 0 aliphatic carbocycles. The molecular formula is C9H16N2O2S. The highest BCUT2D eigenvalue weighted by atomic mass is 32.1. The molecule has 5 heteroatoms. The van der Waals surface area contributed by atoms with Crippen LogP contribution in [0.25, 0.3) is 0 Å². The van der Waals surface area contributed by atoms with Crippen molar-refractivity contribution in [3.05, 3.63) is 0 Å². The summed E-state index contributed by atoms with van der Waals surface area (Å²) >= 11 is 4.13. The van der Waals surface area contributed by atoms with Crippen LogP contribution in [0, 0.1) is 0 Å². The Hall–Kier alpha value is -0.710. The number of thiol groups is 1. The van der Waals surface area contributed by atoms with Gasteiger partial charge in [-0.05, 0) is 12.8 Å². The third kappa shape index (κ3) is 1.61. The number of hydrogen-bond donors (Lipinski definition) is 2. The molecule has 3 amide bonds. The molecule has 0 aromatic rings. The lowest BCUT2D eigenvalue weighted by Crippen LogP contribution is -2.48. The lowest BCUT2D eigenvalue weighted by Gasteiger charge is -2.22. The summed E-state index contributed by atoms with van der Waals surface area (Å²) in [6, 6.07) is -0.284. The maximum absolute atomic E-state index is 11.9. The number of nitrogens with zero attached hydrogens (tertiary/aromatic N) is 1. The van der Waals surface area contributed by atoms with Crippen molar-refractivity contribution >= 4 is 24.6 Å². The highest BCUT2D eigenvalue weighted by molar-refractivity contribution is 7.80. The minimum Gasteiger partial charge on any atom is -0.322 e. The van der Waals surface area contributed by atoms with Crippen molar-refractivity contribution in [3.63, 3.8) is 0 Å². The average Bonchev–Trinajstić information content (AvgIpc) is 2.43. The SMILES string of the molecule is CCCN1C(=O)NC(CC)(CS)C1=O. The first-order chi connectivity index (χ1) is 6.61. The second-order valence-electron chi connectivity index (χ2n) is 3.48. The van der Waals surface area contributed by atoms with Crippen LogP contribution in [0.3, 0.4) is 0 Å². The molecule has 14 heavy (non-hydrogen) atoms. The van der Waals surface area contributed by atoms with Crippen molar-refractivity contribution < 1.29 is 9.59 Å². The fourth-order valence-corrected chi connectivity index (χ4v) is 2.00. The lowest BCUT2D eigenvalue weighted by molar-refractivity contribution is -0.130. The normalized spacial score (nSPS) is 26.9. The maximum Gasteiger partial charge on any atom is 0.325 e. The molecule has 1 fully saturated rings. The van der Waals surface area contributed by atoms with E-state index in [0.717, 1.165) is 6.42 Å². The minimum atomic E-state index is -0.768. The molecule has 1 atom stereocenters. The fourth-order valence-electron chi connectivity index (χ4n) is 1.56. The van der Waals surface area contributed by atoms with Crippen LogP contribution in [0.5, 0.6) is 0 Å². The molecule has 1 aliphatic rings. The van der Waals surface area contributed by atoms with Crippen LogP contribution < -0.4 is 5.32 Å². The Labute approximate surface area is 89.4 Å². The number of carbonyl (C=O) groups is 2. The van der Waals surface area contributed by atoms with Crippen molar-refractivity contribution in [1.29, 1.82) is 0 Å². The molecule has 0 aromatic carbocycles. The summed E-state index contributed by atoms with van der Waals surface area (Å²) in [6.45, 7) is 4.30. The van der Waals surface area contributed by atoms with E-state index in [1.807, 2.05) is 13.8 Å². The predicted octanol–water partition coefficient (Wildman–Crippen LogP) is 1.03. The van der Waals surface area contributed by atoms with E-state index < -0.39 is 5.54 Å². The van der Waals surface area contributed by atoms with Crippen LogP contribution in [0.2, 0.25) is 0 Å². The molecule has 4 nitrogen and oxygen atoms in total. The van der Waals surface area contributed by atoms with Crippen LogP contribution in [-0.2, 0) is 4.79 Å². The molecule has 0 aromatic heterocycles. The molecule has 1 unspecified atom stereocenters. The van der Waals surface area contributed by atoms with E-state index in [1.165, 1.54) is 4.90 Å². The number of hydrogen-bond acceptors (Lipinski definition) is 3. The summed E-state index contributed by atoms with van der Waals surface area (Å²) in [5.74, 6) is 0.218. The molecule has 0 saturated carbocycles. The Bertz CT molecular complexity index is 251. The third-order valence-electron chi connectivity index (χ3n) is 2.57. The van der Waals surface area contributed by atoms with E-state index in [1.54, 1.807) is 0 Å². The fraction of sp³-hybridized carbons (Fsp3) is 0.778. The van der Waals surface area contributed by atoms with Crippen LogP contribution in [-0.4, -0.2) is 34.7 Å². The van der Waals surface area contributed by atoms with Crippen molar-refractivity contribution in [2.45, 2.75) is 32.2 Å². The summed E-state index contributed by atoms with van der Waals surface area (Å²) in [4.78, 5) is 24.6. The molecule has 0 bridgehead atoms. The van der Waals surface area contributed by atoms with Gasteiger partial charge in [0.25, 0.3) is 5.91 Å². The summed E-state index contributed by atoms with van der Waals surface area (Å²) in [5.41, 5.74) is -0.768. The van der Waals surface area contributed by atoms with E-state index in [4.69, 9.17) is 0 Å². The molecule has 1 aliphatic heterocycles. The zero-order valence-corrected chi connectivity index (χ0v) is 9.43. The molecule has 1 saturated heterocycles. The zero-order chi connectivity index (χ0) is 10.8. The van der Waals surface area contributed by atoms with E-state index in [0.29, 0.717) is 18.7 Å². The largest absolute Gasteiger partial charge is 0.325 e. The molecular weight excluding hydrogens is 200 g/mol. The first kappa shape index (κ1) is 11.4. The standard InChI is InChI=1S/C9H16N2O2S/c1-3-5-11-7(12)9(4-2,6-14)10-8(11)13/h14H,3-6H2,1-2H3,(H,10,13). The average molecular weight is 216 g/mol. The summed E-state index contributed by atoms with van der Waals surface area (Å²) in [6.07, 6.45) is 1.37. The van der Waals surface area contributed by atoms with Crippen molar-refractivity contribution in [2.24, 2.45) is 0 Å². The van der Waals surface area contributed by atoms with Crippen molar-refractivity contribution in [2.75, 3.05) is 12.3 Å². The van der Waals surface area contributed by atoms with Gasteiger partial charge < -0.3 is 5.32 Å². The predicted molar refractivity (Wildman–Crippen MR) is 57.4 cm³/mol. The monoisotopic (exact) mass is 216 g/mol. The third-order valence-corrected chi connectivity index (χ3v) is 3.11. The number of nitrogens with one attached hydrogen (secondary N) is 1. The van der Waals surface area contributed by atoms with Gasteiger partial charge in [-0.15, -0.1) is 0 Å². The highest BCUT2D eigenvalue weighted by Gasteiger charge is 2.48. The number of imide groups is 1. The van der Waals surface area contributed by atoms with E-state index in [-0.39, 0.29) is 11.9 Å². The lowest BCUT2D eigenvalue weighted by atomic mass is 9.99. The van der Waals surface area contributed by atoms with Crippen molar-refractivity contribution in [3.8, 4) is 0 Å². The first-order valence-corrected chi connectivity index (χ1v) is 5.49. The Kier molecular flexibility index (Phi) is 3.42. The Morgan fingerprint density at radius 1 is 1.43 bits per heavy atom. The summed E-state index contributed by atoms with van der Waals surface area (Å²) in [5, 5.41) is 2.71. The smallest absolute Gasteiger partial charge is 0.322 e. The van der Waals surface area contributed by atoms with Gasteiger partial charge in [-0.3, -0.25) is 9.69 Å².